The predicted molar refractivity (Wildman–Crippen MR) is 117 cm³/mol. The van der Waals surface area contributed by atoms with Gasteiger partial charge in [0.1, 0.15) is 0 Å². The number of aryl methyl sites for hydroxylation is 1. The second kappa shape index (κ2) is 8.02. The Kier molecular flexibility index (Phi) is 5.05. The van der Waals surface area contributed by atoms with E-state index in [-0.39, 0.29) is 5.91 Å². The number of ether oxygens (including phenoxy) is 1. The van der Waals surface area contributed by atoms with Gasteiger partial charge < -0.3 is 14.5 Å². The van der Waals surface area contributed by atoms with Gasteiger partial charge in [0.2, 0.25) is 5.88 Å². The van der Waals surface area contributed by atoms with Gasteiger partial charge in [-0.1, -0.05) is 17.7 Å². The van der Waals surface area contributed by atoms with Crippen LogP contribution in [0, 0.1) is 6.92 Å². The number of hydrogen-bond donors (Lipinski definition) is 0. The Hall–Kier alpha value is -3.42. The van der Waals surface area contributed by atoms with Crippen LogP contribution in [0.5, 0.6) is 5.88 Å². The van der Waals surface area contributed by atoms with Crippen LogP contribution in [0.15, 0.2) is 36.7 Å². The highest BCUT2D eigenvalue weighted by molar-refractivity contribution is 5.94. The fourth-order valence-corrected chi connectivity index (χ4v) is 4.39. The van der Waals surface area contributed by atoms with Crippen molar-refractivity contribution in [2.75, 3.05) is 38.2 Å². The van der Waals surface area contributed by atoms with Crippen LogP contribution < -0.4 is 9.64 Å². The van der Waals surface area contributed by atoms with E-state index in [1.54, 1.807) is 19.5 Å². The number of hydrogen-bond acceptors (Lipinski definition) is 6. The van der Waals surface area contributed by atoms with Gasteiger partial charge in [0.25, 0.3) is 5.91 Å². The number of aromatic nitrogens is 4. The van der Waals surface area contributed by atoms with E-state index in [1.807, 2.05) is 9.58 Å². The number of carbonyl (C=O) groups is 1. The minimum atomic E-state index is 0.0281. The lowest BCUT2D eigenvalue weighted by atomic mass is 10.1. The fourth-order valence-electron chi connectivity index (χ4n) is 4.39. The molecule has 160 valence electrons. The molecule has 0 atom stereocenters. The van der Waals surface area contributed by atoms with Crippen LogP contribution in [0.25, 0.3) is 5.69 Å². The largest absolute Gasteiger partial charge is 0.480 e. The quantitative estimate of drug-likeness (QED) is 0.648. The zero-order valence-electron chi connectivity index (χ0n) is 17.9. The van der Waals surface area contributed by atoms with Gasteiger partial charge in [0.15, 0.2) is 11.5 Å². The van der Waals surface area contributed by atoms with Crippen molar-refractivity contribution >= 4 is 11.7 Å². The molecule has 5 rings (SSSR count). The number of methoxy groups -OCH3 is 1. The van der Waals surface area contributed by atoms with E-state index in [4.69, 9.17) is 9.84 Å². The zero-order chi connectivity index (χ0) is 21.4. The van der Waals surface area contributed by atoms with Crippen molar-refractivity contribution in [3.8, 4) is 11.6 Å². The third-order valence-corrected chi connectivity index (χ3v) is 6.11. The average molecular weight is 419 g/mol. The van der Waals surface area contributed by atoms with E-state index >= 15 is 0 Å². The van der Waals surface area contributed by atoms with Gasteiger partial charge in [0, 0.05) is 37.4 Å². The molecule has 0 radical (unpaired) electrons. The second-order valence-electron chi connectivity index (χ2n) is 8.07. The molecule has 1 amide bonds. The van der Waals surface area contributed by atoms with E-state index in [1.165, 1.54) is 11.3 Å². The van der Waals surface area contributed by atoms with Gasteiger partial charge in [-0.2, -0.15) is 10.1 Å². The van der Waals surface area contributed by atoms with Crippen LogP contribution in [0.2, 0.25) is 0 Å². The van der Waals surface area contributed by atoms with Crippen LogP contribution in [0.4, 0.5) is 5.82 Å². The van der Waals surface area contributed by atoms with Crippen molar-refractivity contribution < 1.29 is 9.53 Å². The summed E-state index contributed by atoms with van der Waals surface area (Å²) >= 11 is 0. The Bertz CT molecular complexity index is 1100. The highest BCUT2D eigenvalue weighted by Gasteiger charge is 2.31. The third kappa shape index (κ3) is 3.62. The van der Waals surface area contributed by atoms with Gasteiger partial charge in [-0.25, -0.2) is 4.68 Å². The molecular formula is C23H26N6O2. The summed E-state index contributed by atoms with van der Waals surface area (Å²) in [5, 5.41) is 4.78. The first-order valence-electron chi connectivity index (χ1n) is 10.7. The molecule has 3 heterocycles. The molecule has 2 aromatic heterocycles. The highest BCUT2D eigenvalue weighted by atomic mass is 16.5. The van der Waals surface area contributed by atoms with Crippen molar-refractivity contribution in [1.82, 2.24) is 24.6 Å². The van der Waals surface area contributed by atoms with Crippen molar-refractivity contribution in [3.63, 3.8) is 0 Å². The third-order valence-electron chi connectivity index (χ3n) is 6.11. The molecular weight excluding hydrogens is 392 g/mol. The first kappa shape index (κ1) is 19.5. The van der Waals surface area contributed by atoms with Crippen molar-refractivity contribution in [2.24, 2.45) is 0 Å². The lowest BCUT2D eigenvalue weighted by molar-refractivity contribution is 0.0739. The fraction of sp³-hybridized carbons (Fsp3) is 0.391. The summed E-state index contributed by atoms with van der Waals surface area (Å²) in [6.07, 6.45) is 6.28. The number of fused-ring (bicyclic) bond motifs is 1. The molecule has 31 heavy (non-hydrogen) atoms. The van der Waals surface area contributed by atoms with Crippen LogP contribution in [-0.4, -0.2) is 63.8 Å². The molecule has 0 saturated carbocycles. The van der Waals surface area contributed by atoms with Gasteiger partial charge >= 0.3 is 0 Å². The Labute approximate surface area is 181 Å². The summed E-state index contributed by atoms with van der Waals surface area (Å²) in [5.74, 6) is 1.30. The summed E-state index contributed by atoms with van der Waals surface area (Å²) in [7, 11) is 1.58. The number of anilines is 1. The van der Waals surface area contributed by atoms with E-state index in [0.29, 0.717) is 37.8 Å². The molecule has 1 fully saturated rings. The Morgan fingerprint density at radius 3 is 2.55 bits per heavy atom. The maximum Gasteiger partial charge on any atom is 0.274 e. The molecule has 1 aromatic carbocycles. The number of piperazine rings is 1. The Morgan fingerprint density at radius 2 is 1.81 bits per heavy atom. The van der Waals surface area contributed by atoms with E-state index in [0.717, 1.165) is 36.3 Å². The molecule has 1 aliphatic heterocycles. The second-order valence-corrected chi connectivity index (χ2v) is 8.07. The van der Waals surface area contributed by atoms with Gasteiger partial charge in [-0.05, 0) is 38.3 Å². The maximum atomic E-state index is 13.4. The summed E-state index contributed by atoms with van der Waals surface area (Å²) < 4.78 is 7.14. The van der Waals surface area contributed by atoms with Crippen LogP contribution in [-0.2, 0) is 12.8 Å². The molecule has 3 aromatic rings. The lowest BCUT2D eigenvalue weighted by Gasteiger charge is -2.35. The molecule has 8 nitrogen and oxygen atoms in total. The molecule has 0 N–H and O–H groups in total. The van der Waals surface area contributed by atoms with Crippen LogP contribution >= 0.6 is 0 Å². The number of rotatable bonds is 4. The first-order valence-corrected chi connectivity index (χ1v) is 10.7. The summed E-state index contributed by atoms with van der Waals surface area (Å²) in [4.78, 5) is 26.1. The summed E-state index contributed by atoms with van der Waals surface area (Å²) in [5.41, 5.74) is 5.14. The number of amides is 1. The molecule has 1 aliphatic carbocycles. The minimum absolute atomic E-state index is 0.0281. The number of nitrogens with zero attached hydrogens (tertiary/aromatic N) is 6. The predicted octanol–water partition coefficient (Wildman–Crippen LogP) is 2.43. The molecule has 0 unspecified atom stereocenters. The zero-order valence-corrected chi connectivity index (χ0v) is 17.9. The minimum Gasteiger partial charge on any atom is -0.480 e. The van der Waals surface area contributed by atoms with Crippen molar-refractivity contribution in [2.45, 2.75) is 26.2 Å². The Morgan fingerprint density at radius 1 is 1.03 bits per heavy atom. The molecule has 8 heteroatoms. The Balaban J connectivity index is 1.34. The van der Waals surface area contributed by atoms with Gasteiger partial charge in [0.05, 0.1) is 25.2 Å². The van der Waals surface area contributed by atoms with Crippen LogP contribution in [0.3, 0.4) is 0 Å². The number of benzene rings is 1. The normalized spacial score (nSPS) is 15.8. The molecule has 1 saturated heterocycles. The molecule has 2 aliphatic rings. The summed E-state index contributed by atoms with van der Waals surface area (Å²) in [6, 6.07) is 8.31. The van der Waals surface area contributed by atoms with Crippen LogP contribution in [0.1, 0.15) is 33.7 Å². The van der Waals surface area contributed by atoms with E-state index < -0.39 is 0 Å². The van der Waals surface area contributed by atoms with Gasteiger partial charge in [-0.3, -0.25) is 9.78 Å². The monoisotopic (exact) mass is 418 g/mol. The van der Waals surface area contributed by atoms with E-state index in [2.05, 4.69) is 46.1 Å². The SMILES string of the molecule is COc1cncc(N2CCN(C(=O)c3nn(-c4ccc(C)cc4)c4c3CCC4)CC2)n1. The maximum absolute atomic E-state index is 13.4. The van der Waals surface area contributed by atoms with Crippen molar-refractivity contribution in [1.29, 1.82) is 0 Å². The average Bonchev–Trinajstić information content (AvgIpc) is 3.42. The van der Waals surface area contributed by atoms with Gasteiger partial charge in [-0.15, -0.1) is 0 Å². The standard InChI is InChI=1S/C23H26N6O2/c1-16-6-8-17(9-7-16)29-19-5-3-4-18(19)22(26-29)23(30)28-12-10-27(11-13-28)20-14-24-15-21(25-20)31-2/h6-9,14-15H,3-5,10-13H2,1-2H3. The highest BCUT2D eigenvalue weighted by Crippen LogP contribution is 2.29. The first-order chi connectivity index (χ1) is 15.1. The molecule has 0 spiro atoms. The lowest BCUT2D eigenvalue weighted by Crippen LogP contribution is -2.49. The smallest absolute Gasteiger partial charge is 0.274 e. The topological polar surface area (TPSA) is 76.4 Å². The van der Waals surface area contributed by atoms with Crippen molar-refractivity contribution in [3.05, 3.63) is 59.2 Å². The summed E-state index contributed by atoms with van der Waals surface area (Å²) in [6.45, 7) is 4.74. The molecule has 0 bridgehead atoms. The van der Waals surface area contributed by atoms with E-state index in [9.17, 15) is 4.79 Å². The number of carbonyl (C=O) groups excluding carboxylic acids is 1.